The number of carbonyl (C=O) groups excluding carboxylic acids is 1. The molecule has 4 rings (SSSR count). The van der Waals surface area contributed by atoms with Gasteiger partial charge in [0.1, 0.15) is 6.10 Å². The summed E-state index contributed by atoms with van der Waals surface area (Å²) < 4.78 is 5.64. The van der Waals surface area contributed by atoms with E-state index in [1.54, 1.807) is 6.20 Å². The number of halogens is 1. The third kappa shape index (κ3) is 3.62. The van der Waals surface area contributed by atoms with Gasteiger partial charge in [0, 0.05) is 42.9 Å². The Morgan fingerprint density at radius 3 is 2.80 bits per heavy atom. The van der Waals surface area contributed by atoms with Crippen LogP contribution < -0.4 is 0 Å². The maximum absolute atomic E-state index is 12.6. The van der Waals surface area contributed by atoms with Crippen molar-refractivity contribution in [2.45, 2.75) is 44.1 Å². The van der Waals surface area contributed by atoms with E-state index in [0.29, 0.717) is 17.5 Å². The van der Waals surface area contributed by atoms with Crippen LogP contribution in [-0.2, 0) is 9.53 Å². The van der Waals surface area contributed by atoms with Gasteiger partial charge in [-0.1, -0.05) is 11.6 Å². The Labute approximate surface area is 152 Å². The smallest absolute Gasteiger partial charge is 0.251 e. The fourth-order valence-electron chi connectivity index (χ4n) is 3.76. The number of hydrogen-bond donors (Lipinski definition) is 0. The van der Waals surface area contributed by atoms with E-state index in [9.17, 15) is 4.79 Å². The second-order valence-corrected chi connectivity index (χ2v) is 7.33. The van der Waals surface area contributed by atoms with Crippen LogP contribution in [0.15, 0.2) is 24.4 Å². The van der Waals surface area contributed by atoms with Crippen LogP contribution in [0.1, 0.15) is 43.7 Å². The summed E-state index contributed by atoms with van der Waals surface area (Å²) in [7, 11) is 0. The molecule has 2 fully saturated rings. The van der Waals surface area contributed by atoms with Gasteiger partial charge in [-0.25, -0.2) is 9.97 Å². The topological polar surface area (TPSA) is 55.3 Å². The molecule has 1 amide bonds. The van der Waals surface area contributed by atoms with E-state index in [1.165, 1.54) is 0 Å². The average Bonchev–Trinajstić information content (AvgIpc) is 2.68. The predicted octanol–water partition coefficient (Wildman–Crippen LogP) is 3.56. The molecule has 132 valence electrons. The van der Waals surface area contributed by atoms with Crippen LogP contribution in [0.4, 0.5) is 0 Å². The average molecular weight is 360 g/mol. The zero-order chi connectivity index (χ0) is 17.2. The summed E-state index contributed by atoms with van der Waals surface area (Å²) in [5.74, 6) is 0.541. The second-order valence-electron chi connectivity index (χ2n) is 6.89. The van der Waals surface area contributed by atoms with Crippen LogP contribution in [0, 0.1) is 0 Å². The van der Waals surface area contributed by atoms with Crippen LogP contribution in [0.3, 0.4) is 0 Å². The minimum absolute atomic E-state index is 0.168. The van der Waals surface area contributed by atoms with Crippen molar-refractivity contribution in [3.05, 3.63) is 35.1 Å². The summed E-state index contributed by atoms with van der Waals surface area (Å²) in [5.41, 5.74) is 1.79. The SMILES string of the molecule is O=C(C1CCCCO1)N1CCC(c2ccc3cc(Cl)cnc3n2)CC1. The molecule has 0 bridgehead atoms. The zero-order valence-electron chi connectivity index (χ0n) is 14.2. The lowest BCUT2D eigenvalue weighted by Gasteiger charge is -2.35. The third-order valence-electron chi connectivity index (χ3n) is 5.21. The first kappa shape index (κ1) is 16.7. The molecule has 2 aromatic heterocycles. The molecule has 2 aliphatic rings. The van der Waals surface area contributed by atoms with Gasteiger partial charge in [-0.3, -0.25) is 4.79 Å². The standard InChI is InChI=1S/C19H22ClN3O2/c20-15-11-14-4-5-16(22-18(14)21-12-15)13-6-8-23(9-7-13)19(24)17-3-1-2-10-25-17/h4-5,11-13,17H,1-3,6-10H2. The first-order valence-corrected chi connectivity index (χ1v) is 9.41. The van der Waals surface area contributed by atoms with Crippen LogP contribution in [-0.4, -0.2) is 46.6 Å². The lowest BCUT2D eigenvalue weighted by Crippen LogP contribution is -2.45. The van der Waals surface area contributed by atoms with Crippen molar-refractivity contribution in [1.82, 2.24) is 14.9 Å². The van der Waals surface area contributed by atoms with E-state index in [4.69, 9.17) is 21.3 Å². The molecule has 2 aliphatic heterocycles. The van der Waals surface area contributed by atoms with Crippen LogP contribution in [0.2, 0.25) is 5.02 Å². The lowest BCUT2D eigenvalue weighted by molar-refractivity contribution is -0.147. The van der Waals surface area contributed by atoms with Crippen molar-refractivity contribution in [2.24, 2.45) is 0 Å². The fourth-order valence-corrected chi connectivity index (χ4v) is 3.93. The first-order chi connectivity index (χ1) is 12.2. The number of rotatable bonds is 2. The molecule has 1 unspecified atom stereocenters. The normalized spacial score (nSPS) is 22.3. The molecule has 0 spiro atoms. The lowest BCUT2D eigenvalue weighted by atomic mass is 9.92. The molecule has 0 radical (unpaired) electrons. The largest absolute Gasteiger partial charge is 0.368 e. The van der Waals surface area contributed by atoms with Gasteiger partial charge in [-0.2, -0.15) is 0 Å². The maximum atomic E-state index is 12.6. The molecular formula is C19H22ClN3O2. The van der Waals surface area contributed by atoms with Crippen molar-refractivity contribution in [2.75, 3.05) is 19.7 Å². The summed E-state index contributed by atoms with van der Waals surface area (Å²) in [6, 6.07) is 5.97. The molecule has 0 aromatic carbocycles. The van der Waals surface area contributed by atoms with Gasteiger partial charge in [-0.15, -0.1) is 0 Å². The predicted molar refractivity (Wildman–Crippen MR) is 96.7 cm³/mol. The molecule has 0 aliphatic carbocycles. The molecule has 5 nitrogen and oxygen atoms in total. The van der Waals surface area contributed by atoms with Crippen LogP contribution in [0.5, 0.6) is 0 Å². The number of carbonyl (C=O) groups is 1. The monoisotopic (exact) mass is 359 g/mol. The summed E-state index contributed by atoms with van der Waals surface area (Å²) in [5, 5.41) is 1.58. The van der Waals surface area contributed by atoms with E-state index in [1.807, 2.05) is 17.0 Å². The number of pyridine rings is 2. The summed E-state index contributed by atoms with van der Waals surface area (Å²) in [6.07, 6.45) is 6.29. The van der Waals surface area contributed by atoms with Crippen LogP contribution >= 0.6 is 11.6 Å². The Hall–Kier alpha value is -1.72. The molecular weight excluding hydrogens is 338 g/mol. The highest BCUT2D eigenvalue weighted by Gasteiger charge is 2.30. The van der Waals surface area contributed by atoms with E-state index >= 15 is 0 Å². The third-order valence-corrected chi connectivity index (χ3v) is 5.42. The van der Waals surface area contributed by atoms with E-state index < -0.39 is 0 Å². The number of fused-ring (bicyclic) bond motifs is 1. The number of aromatic nitrogens is 2. The maximum Gasteiger partial charge on any atom is 0.251 e. The van der Waals surface area contributed by atoms with Gasteiger partial charge in [0.25, 0.3) is 5.91 Å². The number of likely N-dealkylation sites (tertiary alicyclic amines) is 1. The van der Waals surface area contributed by atoms with E-state index in [2.05, 4.69) is 11.1 Å². The summed E-state index contributed by atoms with van der Waals surface area (Å²) >= 11 is 5.98. The minimum atomic E-state index is -0.224. The Morgan fingerprint density at radius 2 is 2.04 bits per heavy atom. The zero-order valence-corrected chi connectivity index (χ0v) is 14.9. The Kier molecular flexibility index (Phi) is 4.86. The second kappa shape index (κ2) is 7.26. The molecule has 0 saturated carbocycles. The van der Waals surface area contributed by atoms with Crippen molar-refractivity contribution in [3.8, 4) is 0 Å². The van der Waals surface area contributed by atoms with Crippen molar-refractivity contribution < 1.29 is 9.53 Å². The molecule has 1 atom stereocenters. The number of piperidine rings is 1. The minimum Gasteiger partial charge on any atom is -0.368 e. The summed E-state index contributed by atoms with van der Waals surface area (Å²) in [6.45, 7) is 2.26. The van der Waals surface area contributed by atoms with Gasteiger partial charge < -0.3 is 9.64 Å². The quantitative estimate of drug-likeness (QED) is 0.822. The number of amides is 1. The van der Waals surface area contributed by atoms with Crippen molar-refractivity contribution in [1.29, 1.82) is 0 Å². The molecule has 2 saturated heterocycles. The van der Waals surface area contributed by atoms with Gasteiger partial charge in [0.05, 0.1) is 5.02 Å². The Balaban J connectivity index is 1.41. The Morgan fingerprint density at radius 1 is 1.20 bits per heavy atom. The number of nitrogens with zero attached hydrogens (tertiary/aromatic N) is 3. The molecule has 25 heavy (non-hydrogen) atoms. The first-order valence-electron chi connectivity index (χ1n) is 9.03. The highest BCUT2D eigenvalue weighted by atomic mass is 35.5. The molecule has 4 heterocycles. The highest BCUT2D eigenvalue weighted by Crippen LogP contribution is 2.29. The van der Waals surface area contributed by atoms with Crippen LogP contribution in [0.25, 0.3) is 11.0 Å². The summed E-state index contributed by atoms with van der Waals surface area (Å²) in [4.78, 5) is 23.5. The highest BCUT2D eigenvalue weighted by molar-refractivity contribution is 6.31. The molecule has 2 aromatic rings. The van der Waals surface area contributed by atoms with Crippen molar-refractivity contribution in [3.63, 3.8) is 0 Å². The number of ether oxygens (including phenoxy) is 1. The van der Waals surface area contributed by atoms with Gasteiger partial charge >= 0.3 is 0 Å². The molecule has 0 N–H and O–H groups in total. The van der Waals surface area contributed by atoms with E-state index in [-0.39, 0.29) is 12.0 Å². The van der Waals surface area contributed by atoms with E-state index in [0.717, 1.165) is 61.9 Å². The van der Waals surface area contributed by atoms with Gasteiger partial charge in [0.2, 0.25) is 0 Å². The molecule has 6 heteroatoms. The van der Waals surface area contributed by atoms with Gasteiger partial charge in [0.15, 0.2) is 5.65 Å². The van der Waals surface area contributed by atoms with Crippen molar-refractivity contribution >= 4 is 28.5 Å². The fraction of sp³-hybridized carbons (Fsp3) is 0.526. The van der Waals surface area contributed by atoms with Gasteiger partial charge in [-0.05, 0) is 50.3 Å². The Bertz CT molecular complexity index is 768. The number of hydrogen-bond acceptors (Lipinski definition) is 4.